The summed E-state index contributed by atoms with van der Waals surface area (Å²) in [5, 5.41) is 2.70. The largest absolute Gasteiger partial charge is 0.379 e. The Morgan fingerprint density at radius 3 is 2.43 bits per heavy atom. The summed E-state index contributed by atoms with van der Waals surface area (Å²) in [6, 6.07) is 4.27. The fraction of sp³-hybridized carbons (Fsp3) is 0.556. The van der Waals surface area contributed by atoms with Gasteiger partial charge in [-0.05, 0) is 18.2 Å². The van der Waals surface area contributed by atoms with E-state index in [1.54, 1.807) is 27.8 Å². The van der Waals surface area contributed by atoms with Crippen molar-refractivity contribution in [3.8, 4) is 0 Å². The van der Waals surface area contributed by atoms with Crippen LogP contribution in [0.3, 0.4) is 0 Å². The number of carbonyl (C=O) groups excluding carboxylic acids is 2. The number of nitrogens with one attached hydrogen (secondary N) is 1. The van der Waals surface area contributed by atoms with Crippen LogP contribution in [0, 0.1) is 5.41 Å². The molecular formula is C18H26ClN3O5S. The third-order valence-electron chi connectivity index (χ3n) is 4.17. The van der Waals surface area contributed by atoms with Gasteiger partial charge < -0.3 is 15.0 Å². The topological polar surface area (TPSA) is 96.0 Å². The Labute approximate surface area is 170 Å². The molecule has 8 nitrogen and oxygen atoms in total. The first-order chi connectivity index (χ1) is 12.9. The molecule has 1 aromatic carbocycles. The molecule has 1 saturated heterocycles. The molecule has 0 atom stereocenters. The molecule has 0 spiro atoms. The molecule has 0 aliphatic carbocycles. The lowest BCUT2D eigenvalue weighted by Crippen LogP contribution is -2.41. The maximum Gasteiger partial charge on any atom is 0.244 e. The van der Waals surface area contributed by atoms with Gasteiger partial charge in [-0.3, -0.25) is 9.59 Å². The van der Waals surface area contributed by atoms with E-state index >= 15 is 0 Å². The monoisotopic (exact) mass is 431 g/mol. The van der Waals surface area contributed by atoms with Crippen LogP contribution in [-0.2, 0) is 24.3 Å². The second-order valence-electron chi connectivity index (χ2n) is 7.62. The maximum atomic E-state index is 12.8. The predicted octanol–water partition coefficient (Wildman–Crippen LogP) is 1.80. The Morgan fingerprint density at radius 2 is 1.86 bits per heavy atom. The first-order valence-corrected chi connectivity index (χ1v) is 10.7. The lowest BCUT2D eigenvalue weighted by atomic mass is 9.95. The van der Waals surface area contributed by atoms with E-state index in [4.69, 9.17) is 16.3 Å². The highest BCUT2D eigenvalue weighted by atomic mass is 35.5. The highest BCUT2D eigenvalue weighted by molar-refractivity contribution is 7.89. The van der Waals surface area contributed by atoms with Gasteiger partial charge in [0.2, 0.25) is 21.8 Å². The molecule has 28 heavy (non-hydrogen) atoms. The van der Waals surface area contributed by atoms with Gasteiger partial charge in [-0.1, -0.05) is 32.4 Å². The van der Waals surface area contributed by atoms with E-state index in [1.807, 2.05) is 0 Å². The molecule has 10 heteroatoms. The number of halogens is 1. The molecule has 2 rings (SSSR count). The molecule has 1 heterocycles. The SMILES string of the molecule is CN(CC(=O)Nc1ccc(Cl)c(S(=O)(=O)N2CCOCC2)c1)C(=O)C(C)(C)C. The summed E-state index contributed by atoms with van der Waals surface area (Å²) in [4.78, 5) is 25.7. The van der Waals surface area contributed by atoms with Crippen LogP contribution < -0.4 is 5.32 Å². The number of sulfonamides is 1. The second-order valence-corrected chi connectivity index (χ2v) is 9.93. The maximum absolute atomic E-state index is 12.8. The van der Waals surface area contributed by atoms with Crippen LogP contribution in [0.1, 0.15) is 20.8 Å². The van der Waals surface area contributed by atoms with Gasteiger partial charge in [0.15, 0.2) is 0 Å². The lowest BCUT2D eigenvalue weighted by Gasteiger charge is -2.27. The molecule has 1 fully saturated rings. The molecule has 156 valence electrons. The van der Waals surface area contributed by atoms with Gasteiger partial charge in [0.25, 0.3) is 0 Å². The van der Waals surface area contributed by atoms with Gasteiger partial charge >= 0.3 is 0 Å². The average molecular weight is 432 g/mol. The van der Waals surface area contributed by atoms with Crippen molar-refractivity contribution < 1.29 is 22.7 Å². The van der Waals surface area contributed by atoms with E-state index in [0.29, 0.717) is 13.2 Å². The summed E-state index contributed by atoms with van der Waals surface area (Å²) in [5.41, 5.74) is -0.313. The minimum absolute atomic E-state index is 0.0736. The first-order valence-electron chi connectivity index (χ1n) is 8.86. The zero-order valence-electron chi connectivity index (χ0n) is 16.5. The average Bonchev–Trinajstić information content (AvgIpc) is 2.62. The molecule has 0 unspecified atom stereocenters. The van der Waals surface area contributed by atoms with Gasteiger partial charge in [0.05, 0.1) is 24.8 Å². The molecule has 1 aliphatic rings. The Bertz CT molecular complexity index is 845. The van der Waals surface area contributed by atoms with E-state index < -0.39 is 21.3 Å². The zero-order chi connectivity index (χ0) is 21.1. The molecule has 1 aromatic rings. The molecular weight excluding hydrogens is 406 g/mol. The Balaban J connectivity index is 2.14. The van der Waals surface area contributed by atoms with E-state index in [9.17, 15) is 18.0 Å². The molecule has 2 amide bonds. The number of ether oxygens (including phenoxy) is 1. The highest BCUT2D eigenvalue weighted by Gasteiger charge is 2.29. The smallest absolute Gasteiger partial charge is 0.244 e. The van der Waals surface area contributed by atoms with Gasteiger partial charge in [0, 0.05) is 31.2 Å². The quantitative estimate of drug-likeness (QED) is 0.766. The van der Waals surface area contributed by atoms with Gasteiger partial charge in [-0.15, -0.1) is 0 Å². The molecule has 0 aromatic heterocycles. The van der Waals surface area contributed by atoms with E-state index in [2.05, 4.69) is 5.32 Å². The molecule has 0 radical (unpaired) electrons. The molecule has 1 aliphatic heterocycles. The number of carbonyl (C=O) groups is 2. The van der Waals surface area contributed by atoms with Crippen LogP contribution in [0.15, 0.2) is 23.1 Å². The Morgan fingerprint density at radius 1 is 1.25 bits per heavy atom. The number of amides is 2. The van der Waals surface area contributed by atoms with Crippen LogP contribution >= 0.6 is 11.6 Å². The van der Waals surface area contributed by atoms with Crippen molar-refractivity contribution in [2.24, 2.45) is 5.41 Å². The predicted molar refractivity (Wildman–Crippen MR) is 107 cm³/mol. The van der Waals surface area contributed by atoms with Gasteiger partial charge in [0.1, 0.15) is 4.90 Å². The van der Waals surface area contributed by atoms with Crippen molar-refractivity contribution in [2.75, 3.05) is 45.2 Å². The summed E-state index contributed by atoms with van der Waals surface area (Å²) in [6.45, 7) is 6.29. The Kier molecular flexibility index (Phi) is 7.08. The number of hydrogen-bond acceptors (Lipinski definition) is 5. The van der Waals surface area contributed by atoms with Crippen molar-refractivity contribution >= 4 is 39.1 Å². The third-order valence-corrected chi connectivity index (χ3v) is 6.55. The highest BCUT2D eigenvalue weighted by Crippen LogP contribution is 2.28. The lowest BCUT2D eigenvalue weighted by molar-refractivity contribution is -0.140. The van der Waals surface area contributed by atoms with Crippen LogP contribution in [0.4, 0.5) is 5.69 Å². The Hall–Kier alpha value is -1.68. The summed E-state index contributed by atoms with van der Waals surface area (Å²) in [7, 11) is -2.26. The summed E-state index contributed by atoms with van der Waals surface area (Å²) < 4.78 is 32.2. The first kappa shape index (κ1) is 22.6. The van der Waals surface area contributed by atoms with Crippen molar-refractivity contribution in [2.45, 2.75) is 25.7 Å². The van der Waals surface area contributed by atoms with Crippen molar-refractivity contribution in [3.63, 3.8) is 0 Å². The molecule has 1 N–H and O–H groups in total. The van der Waals surface area contributed by atoms with E-state index in [0.717, 1.165) is 0 Å². The molecule has 0 saturated carbocycles. The van der Waals surface area contributed by atoms with E-state index in [1.165, 1.54) is 27.4 Å². The summed E-state index contributed by atoms with van der Waals surface area (Å²) >= 11 is 6.11. The minimum Gasteiger partial charge on any atom is -0.379 e. The number of benzene rings is 1. The van der Waals surface area contributed by atoms with Crippen LogP contribution in [0.25, 0.3) is 0 Å². The van der Waals surface area contributed by atoms with Crippen molar-refractivity contribution in [1.29, 1.82) is 0 Å². The second kappa shape index (κ2) is 8.77. The van der Waals surface area contributed by atoms with Crippen LogP contribution in [0.5, 0.6) is 0 Å². The fourth-order valence-corrected chi connectivity index (χ4v) is 4.67. The van der Waals surface area contributed by atoms with Crippen molar-refractivity contribution in [3.05, 3.63) is 23.2 Å². The van der Waals surface area contributed by atoms with Gasteiger partial charge in [-0.2, -0.15) is 4.31 Å². The number of hydrogen-bond donors (Lipinski definition) is 1. The molecule has 0 bridgehead atoms. The zero-order valence-corrected chi connectivity index (χ0v) is 18.1. The van der Waals surface area contributed by atoms with Crippen LogP contribution in [-0.4, -0.2) is 69.3 Å². The number of likely N-dealkylation sites (N-methyl/N-ethyl adjacent to an activating group) is 1. The van der Waals surface area contributed by atoms with Crippen molar-refractivity contribution in [1.82, 2.24) is 9.21 Å². The number of rotatable bonds is 5. The summed E-state index contributed by atoms with van der Waals surface area (Å²) in [5.74, 6) is -0.605. The standard InChI is InChI=1S/C18H26ClN3O5S/c1-18(2,3)17(24)21(4)12-16(23)20-13-5-6-14(19)15(11-13)28(25,26)22-7-9-27-10-8-22/h5-6,11H,7-10,12H2,1-4H3,(H,20,23). The normalized spacial score (nSPS) is 15.9. The van der Waals surface area contributed by atoms with E-state index in [-0.39, 0.29) is 41.1 Å². The van der Waals surface area contributed by atoms with Crippen LogP contribution in [0.2, 0.25) is 5.02 Å². The third kappa shape index (κ3) is 5.44. The minimum atomic E-state index is -3.80. The number of morpholine rings is 1. The summed E-state index contributed by atoms with van der Waals surface area (Å²) in [6.07, 6.45) is 0. The van der Waals surface area contributed by atoms with Gasteiger partial charge in [-0.25, -0.2) is 8.42 Å². The number of nitrogens with zero attached hydrogens (tertiary/aromatic N) is 2. The fourth-order valence-electron chi connectivity index (χ4n) is 2.77. The number of anilines is 1.